The van der Waals surface area contributed by atoms with Gasteiger partial charge in [-0.15, -0.1) is 0 Å². The number of nitrogens with zero attached hydrogens (tertiary/aromatic N) is 1. The number of rotatable bonds is 7. The molecule has 7 heteroatoms. The van der Waals surface area contributed by atoms with Crippen molar-refractivity contribution in [3.63, 3.8) is 0 Å². The summed E-state index contributed by atoms with van der Waals surface area (Å²) >= 11 is 0. The summed E-state index contributed by atoms with van der Waals surface area (Å²) in [5.74, 6) is 2.51. The number of nitro groups is 1. The SMILES string of the molecule is CCOc1cc([N+](=O)[O-])c(C(=O)NC(C)C23CC4CC(CC(C4)C2)C3)cc1OC. The van der Waals surface area contributed by atoms with Crippen LogP contribution in [0.4, 0.5) is 5.69 Å². The van der Waals surface area contributed by atoms with Crippen molar-refractivity contribution >= 4 is 11.6 Å². The molecular weight excluding hydrogens is 372 g/mol. The van der Waals surface area contributed by atoms with Crippen molar-refractivity contribution < 1.29 is 19.2 Å². The fourth-order valence-corrected chi connectivity index (χ4v) is 6.45. The molecule has 0 radical (unpaired) electrons. The summed E-state index contributed by atoms with van der Waals surface area (Å²) in [7, 11) is 1.46. The van der Waals surface area contributed by atoms with E-state index in [1.165, 1.54) is 38.5 Å². The molecule has 29 heavy (non-hydrogen) atoms. The van der Waals surface area contributed by atoms with Crippen LogP contribution in [0.5, 0.6) is 11.5 Å². The first-order valence-corrected chi connectivity index (χ1v) is 10.6. The highest BCUT2D eigenvalue weighted by Gasteiger charge is 2.53. The Hall–Kier alpha value is -2.31. The van der Waals surface area contributed by atoms with Gasteiger partial charge in [0.2, 0.25) is 0 Å². The van der Waals surface area contributed by atoms with Gasteiger partial charge < -0.3 is 14.8 Å². The molecule has 0 aromatic heterocycles. The molecule has 1 amide bonds. The second kappa shape index (κ2) is 7.50. The maximum atomic E-state index is 13.1. The van der Waals surface area contributed by atoms with Crippen molar-refractivity contribution in [3.8, 4) is 11.5 Å². The molecule has 0 saturated heterocycles. The molecule has 1 N–H and O–H groups in total. The summed E-state index contributed by atoms with van der Waals surface area (Å²) in [6.45, 7) is 4.21. The minimum atomic E-state index is -0.535. The quantitative estimate of drug-likeness (QED) is 0.541. The number of hydrogen-bond donors (Lipinski definition) is 1. The predicted molar refractivity (Wildman–Crippen MR) is 108 cm³/mol. The van der Waals surface area contributed by atoms with Crippen molar-refractivity contribution in [2.24, 2.45) is 23.2 Å². The normalized spacial score (nSPS) is 30.7. The van der Waals surface area contributed by atoms with Crippen LogP contribution >= 0.6 is 0 Å². The lowest BCUT2D eigenvalue weighted by atomic mass is 9.48. The van der Waals surface area contributed by atoms with Gasteiger partial charge in [0.05, 0.1) is 24.7 Å². The third-order valence-electron chi connectivity index (χ3n) is 7.37. The van der Waals surface area contributed by atoms with Gasteiger partial charge >= 0.3 is 0 Å². The van der Waals surface area contributed by atoms with Crippen LogP contribution in [-0.4, -0.2) is 30.6 Å². The maximum absolute atomic E-state index is 13.1. The van der Waals surface area contributed by atoms with Crippen LogP contribution < -0.4 is 14.8 Å². The Morgan fingerprint density at radius 3 is 2.28 bits per heavy atom. The molecule has 1 atom stereocenters. The molecule has 1 aromatic rings. The lowest BCUT2D eigenvalue weighted by Crippen LogP contribution is -2.55. The Morgan fingerprint density at radius 1 is 1.21 bits per heavy atom. The predicted octanol–water partition coefficient (Wildman–Crippen LogP) is 4.34. The average molecular weight is 402 g/mol. The van der Waals surface area contributed by atoms with E-state index in [2.05, 4.69) is 12.2 Å². The molecule has 4 saturated carbocycles. The smallest absolute Gasteiger partial charge is 0.286 e. The highest BCUT2D eigenvalue weighted by Crippen LogP contribution is 2.61. The fraction of sp³-hybridized carbons (Fsp3) is 0.682. The molecule has 7 nitrogen and oxygen atoms in total. The van der Waals surface area contributed by atoms with E-state index < -0.39 is 10.8 Å². The van der Waals surface area contributed by atoms with Gasteiger partial charge in [-0.05, 0) is 75.5 Å². The van der Waals surface area contributed by atoms with E-state index in [0.29, 0.717) is 12.4 Å². The third kappa shape index (κ3) is 3.55. The summed E-state index contributed by atoms with van der Waals surface area (Å²) in [6.07, 6.45) is 7.49. The van der Waals surface area contributed by atoms with Crippen molar-refractivity contribution in [1.82, 2.24) is 5.32 Å². The highest BCUT2D eigenvalue weighted by molar-refractivity contribution is 5.99. The zero-order chi connectivity index (χ0) is 20.8. The minimum Gasteiger partial charge on any atom is -0.493 e. The summed E-state index contributed by atoms with van der Waals surface area (Å²) in [6, 6.07) is 2.69. The summed E-state index contributed by atoms with van der Waals surface area (Å²) in [5.41, 5.74) is -0.106. The van der Waals surface area contributed by atoms with Crippen LogP contribution in [0.1, 0.15) is 62.7 Å². The maximum Gasteiger partial charge on any atom is 0.286 e. The average Bonchev–Trinajstić information content (AvgIpc) is 2.66. The van der Waals surface area contributed by atoms with E-state index in [9.17, 15) is 14.9 Å². The lowest BCUT2D eigenvalue weighted by molar-refractivity contribution is -0.385. The Kier molecular flexibility index (Phi) is 5.17. The second-order valence-corrected chi connectivity index (χ2v) is 9.19. The molecule has 1 unspecified atom stereocenters. The number of carbonyl (C=O) groups is 1. The van der Waals surface area contributed by atoms with Gasteiger partial charge in [-0.25, -0.2) is 0 Å². The van der Waals surface area contributed by atoms with E-state index >= 15 is 0 Å². The third-order valence-corrected chi connectivity index (χ3v) is 7.37. The van der Waals surface area contributed by atoms with Gasteiger partial charge in [-0.3, -0.25) is 14.9 Å². The molecule has 5 rings (SSSR count). The number of nitrogens with one attached hydrogen (secondary N) is 1. The van der Waals surface area contributed by atoms with E-state index in [1.807, 2.05) is 0 Å². The van der Waals surface area contributed by atoms with Crippen LogP contribution in [0, 0.1) is 33.3 Å². The largest absolute Gasteiger partial charge is 0.493 e. The Bertz CT molecular complexity index is 786. The van der Waals surface area contributed by atoms with E-state index in [-0.39, 0.29) is 28.5 Å². The number of hydrogen-bond acceptors (Lipinski definition) is 5. The molecule has 4 aliphatic rings. The van der Waals surface area contributed by atoms with E-state index in [4.69, 9.17) is 9.47 Å². The van der Waals surface area contributed by atoms with Crippen molar-refractivity contribution in [3.05, 3.63) is 27.8 Å². The number of methoxy groups -OCH3 is 1. The molecule has 1 aromatic carbocycles. The zero-order valence-corrected chi connectivity index (χ0v) is 17.4. The van der Waals surface area contributed by atoms with Gasteiger partial charge in [-0.2, -0.15) is 0 Å². The Labute approximate surface area is 171 Å². The lowest BCUT2D eigenvalue weighted by Gasteiger charge is -2.59. The van der Waals surface area contributed by atoms with Crippen LogP contribution in [0.25, 0.3) is 0 Å². The summed E-state index contributed by atoms with van der Waals surface area (Å²) in [5, 5.41) is 14.7. The minimum absolute atomic E-state index is 0.0134. The van der Waals surface area contributed by atoms with Gasteiger partial charge in [0.25, 0.3) is 11.6 Å². The number of ether oxygens (including phenoxy) is 2. The molecular formula is C22H30N2O5. The second-order valence-electron chi connectivity index (χ2n) is 9.19. The Morgan fingerprint density at radius 2 is 1.79 bits per heavy atom. The fourth-order valence-electron chi connectivity index (χ4n) is 6.45. The Balaban J connectivity index is 1.58. The monoisotopic (exact) mass is 402 g/mol. The van der Waals surface area contributed by atoms with Crippen LogP contribution in [0.2, 0.25) is 0 Å². The number of amides is 1. The van der Waals surface area contributed by atoms with Crippen molar-refractivity contribution in [2.45, 2.75) is 58.4 Å². The molecule has 4 bridgehead atoms. The van der Waals surface area contributed by atoms with Crippen molar-refractivity contribution in [1.29, 1.82) is 0 Å². The van der Waals surface area contributed by atoms with Gasteiger partial charge in [0.1, 0.15) is 5.56 Å². The first-order chi connectivity index (χ1) is 13.8. The van der Waals surface area contributed by atoms with E-state index in [0.717, 1.165) is 37.0 Å². The van der Waals surface area contributed by atoms with Gasteiger partial charge in [0.15, 0.2) is 11.5 Å². The standard InChI is InChI=1S/C22H30N2O5/c1-4-29-20-9-18(24(26)27)17(8-19(20)28-3)21(25)23-13(2)22-10-14-5-15(11-22)7-16(6-14)12-22/h8-9,13-16H,4-7,10-12H2,1-3H3,(H,23,25). The highest BCUT2D eigenvalue weighted by atomic mass is 16.6. The van der Waals surface area contributed by atoms with E-state index in [1.54, 1.807) is 6.92 Å². The molecule has 4 fully saturated rings. The number of nitro benzene ring substituents is 1. The van der Waals surface area contributed by atoms with Gasteiger partial charge in [0, 0.05) is 12.1 Å². The topological polar surface area (TPSA) is 90.7 Å². The van der Waals surface area contributed by atoms with Crippen LogP contribution in [-0.2, 0) is 0 Å². The summed E-state index contributed by atoms with van der Waals surface area (Å²) in [4.78, 5) is 24.2. The van der Waals surface area contributed by atoms with Gasteiger partial charge in [-0.1, -0.05) is 0 Å². The zero-order valence-electron chi connectivity index (χ0n) is 17.4. The number of benzene rings is 1. The first kappa shape index (κ1) is 20.0. The molecule has 158 valence electrons. The summed E-state index contributed by atoms with van der Waals surface area (Å²) < 4.78 is 10.7. The molecule has 0 heterocycles. The number of carbonyl (C=O) groups excluding carboxylic acids is 1. The van der Waals surface area contributed by atoms with Crippen LogP contribution in [0.3, 0.4) is 0 Å². The van der Waals surface area contributed by atoms with Crippen LogP contribution in [0.15, 0.2) is 12.1 Å². The molecule has 4 aliphatic carbocycles. The first-order valence-electron chi connectivity index (χ1n) is 10.6. The molecule has 0 aliphatic heterocycles. The molecule has 0 spiro atoms. The van der Waals surface area contributed by atoms with Crippen molar-refractivity contribution in [2.75, 3.05) is 13.7 Å².